The van der Waals surface area contributed by atoms with Gasteiger partial charge in [0.2, 0.25) is 15.9 Å². The smallest absolute Gasteiger partial charge is 0.407 e. The average Bonchev–Trinajstić information content (AvgIpc) is 1.44. The van der Waals surface area contributed by atoms with Crippen molar-refractivity contribution in [1.29, 1.82) is 0 Å². The Bertz CT molecular complexity index is 1620. The Hall–Kier alpha value is -5.87. The van der Waals surface area contributed by atoms with E-state index in [1.165, 1.54) is 23.0 Å². The summed E-state index contributed by atoms with van der Waals surface area (Å²) in [6.07, 6.45) is 30.9. The maximum atomic E-state index is 10.5. The number of nitrogens with one attached hydrogen (secondary N) is 8. The van der Waals surface area contributed by atoms with Crippen LogP contribution in [0.15, 0.2) is 155 Å². The van der Waals surface area contributed by atoms with E-state index >= 15 is 0 Å². The molecule has 0 aromatic carbocycles. The fourth-order valence-corrected chi connectivity index (χ4v) is 7.44. The Morgan fingerprint density at radius 1 is 0.434 bits per heavy atom. The maximum Gasteiger partial charge on any atom is 0.407 e. The summed E-state index contributed by atoms with van der Waals surface area (Å²) in [5, 5.41) is 20.2. The lowest BCUT2D eigenvalue weighted by Crippen LogP contribution is -2.36. The van der Waals surface area contributed by atoms with Gasteiger partial charge in [0.25, 0.3) is 0 Å². The van der Waals surface area contributed by atoms with Crippen LogP contribution in [0.4, 0.5) is 4.79 Å². The fraction of sp³-hybridized carbons (Fsp3) is 0.641. The van der Waals surface area contributed by atoms with Crippen LogP contribution < -0.4 is 42.0 Å². The summed E-state index contributed by atoms with van der Waals surface area (Å²) in [5.74, 6) is 6.52. The highest BCUT2D eigenvalue weighted by molar-refractivity contribution is 8.06. The number of carbonyl (C=O) groups is 2. The fourth-order valence-electron chi connectivity index (χ4n) is 3.96. The third kappa shape index (κ3) is 171. The number of hydrazone groups is 1. The van der Waals surface area contributed by atoms with E-state index in [9.17, 15) is 18.0 Å². The van der Waals surface area contributed by atoms with Crippen molar-refractivity contribution < 1.29 is 27.5 Å². The number of nitrogens with zero attached hydrogens (tertiary/aromatic N) is 4. The first-order chi connectivity index (χ1) is 48.5. The van der Waals surface area contributed by atoms with Gasteiger partial charge in [-0.25, -0.2) is 27.9 Å². The highest BCUT2D eigenvalue weighted by atomic mass is 32.2. The van der Waals surface area contributed by atoms with Gasteiger partial charge in [0.15, 0.2) is 0 Å². The van der Waals surface area contributed by atoms with Crippen LogP contribution in [0.3, 0.4) is 0 Å². The van der Waals surface area contributed by atoms with Crippen LogP contribution in [0, 0.1) is 0 Å². The third-order valence-corrected chi connectivity index (χ3v) is 10.9. The molecule has 9 heterocycles. The van der Waals surface area contributed by atoms with Crippen molar-refractivity contribution in [2.45, 2.75) is 269 Å². The molecule has 99 heavy (non-hydrogen) atoms. The van der Waals surface area contributed by atoms with Crippen LogP contribution in [0.1, 0.15) is 269 Å². The molecule has 0 unspecified atom stereocenters. The molecule has 2 amide bonds. The Morgan fingerprint density at radius 2 is 0.899 bits per heavy atom. The van der Waals surface area contributed by atoms with Crippen LogP contribution in [0.25, 0.3) is 0 Å². The highest BCUT2D eigenvalue weighted by Gasteiger charge is 2.13. The number of alkyl carbamates (subject to hydrolysis) is 1. The van der Waals surface area contributed by atoms with Crippen molar-refractivity contribution in [3.05, 3.63) is 135 Å². The van der Waals surface area contributed by atoms with E-state index in [0.717, 1.165) is 48.6 Å². The minimum absolute atomic E-state index is 0.00810. The molecule has 21 heteroatoms. The van der Waals surface area contributed by atoms with Crippen molar-refractivity contribution in [3.8, 4) is 0 Å². The number of hydrogen-bond acceptors (Lipinski definition) is 17. The first-order valence-electron chi connectivity index (χ1n) is 37.7. The molecule has 0 aliphatic carbocycles. The summed E-state index contributed by atoms with van der Waals surface area (Å²) in [7, 11) is -2.83. The average molecular weight is 1470 g/mol. The standard InChI is InChI=1S/C6H7N.4C5H6N2.C4H9NO2S.2C4H7NO2.C4H8S2.18C2H6/c1-6-4-2-3-5-7-6;1-5-4-6-2-3-7-5;1-5-2-3-6-4-7-5;1-5-6-3-2-4-7-5;1-5-3-2-4-6-7-5;6-8(7)4-2-1-3-5-8;6-4-3-7-2-1-5-4;6-4-5-2-1-3-7-4;1-2-6-4-3-5-1;18*1-2/h2-5,7H,1H2;2-4,7H,1H2;2-4H,1H2,(H,6,7);2-4,6H,1H2;2-4,7H,1H2;5H,1-4H2;2*1-3H2,(H,5,6);1-4H2;18*1-2H3. The zero-order valence-electron chi connectivity index (χ0n) is 71.6. The van der Waals surface area contributed by atoms with Gasteiger partial charge < -0.3 is 41.4 Å². The van der Waals surface area contributed by atoms with Crippen molar-refractivity contribution >= 4 is 70.5 Å². The van der Waals surface area contributed by atoms with Gasteiger partial charge in [0, 0.05) is 115 Å². The SMILES string of the molecule is C1CSCCS1.C=C1C=CC=CN1.C=C1C=CC=NN1.C=C1C=CN=CN1.C=C1C=NC=CN1.C=C1N=CC=CN1.CC.CC.CC.CC.CC.CC.CC.CC.CC.CC.CC.CC.CC.CC.CC.CC.CC.CC.O=C1COCCN1.O=C1NCCCO1.O=S1(=O)CCCCN1. The lowest BCUT2D eigenvalue weighted by Gasteiger charge is -2.10. The predicted molar refractivity (Wildman–Crippen MR) is 468 cm³/mol. The number of thioether (sulfide) groups is 2. The largest absolute Gasteiger partial charge is 0.449 e. The Balaban J connectivity index is -0.0000000441. The summed E-state index contributed by atoms with van der Waals surface area (Å²) < 4.78 is 32.8. The Kier molecular flexibility index (Phi) is 240. The summed E-state index contributed by atoms with van der Waals surface area (Å²) in [6.45, 7) is 93.6. The Morgan fingerprint density at radius 3 is 1.07 bits per heavy atom. The van der Waals surface area contributed by atoms with E-state index < -0.39 is 10.0 Å². The molecular weight excluding hydrogens is 1300 g/mol. The first-order valence-corrected chi connectivity index (χ1v) is 41.7. The van der Waals surface area contributed by atoms with E-state index in [2.05, 4.69) is 123 Å². The molecule has 0 bridgehead atoms. The molecule has 596 valence electrons. The van der Waals surface area contributed by atoms with Crippen molar-refractivity contribution in [1.82, 2.24) is 42.0 Å². The number of cyclic esters (lactones) is 1. The van der Waals surface area contributed by atoms with Crippen molar-refractivity contribution in [3.63, 3.8) is 0 Å². The second kappa shape index (κ2) is 170. The third-order valence-electron chi connectivity index (χ3n) is 6.98. The molecule has 0 aromatic heterocycles. The van der Waals surface area contributed by atoms with Crippen LogP contribution in [0.2, 0.25) is 0 Å². The van der Waals surface area contributed by atoms with E-state index in [0.29, 0.717) is 37.9 Å². The monoisotopic (exact) mass is 1470 g/mol. The van der Waals surface area contributed by atoms with Gasteiger partial charge in [-0.1, -0.05) is 288 Å². The zero-order chi connectivity index (χ0) is 82.1. The van der Waals surface area contributed by atoms with Gasteiger partial charge in [-0.2, -0.15) is 28.6 Å². The minimum atomic E-state index is -2.83. The van der Waals surface area contributed by atoms with Crippen molar-refractivity contribution in [2.75, 3.05) is 68.2 Å². The number of sulfonamides is 1. The molecule has 9 aliphatic heterocycles. The van der Waals surface area contributed by atoms with Gasteiger partial charge in [-0.3, -0.25) is 15.2 Å². The van der Waals surface area contributed by atoms with Gasteiger partial charge >= 0.3 is 6.09 Å². The van der Waals surface area contributed by atoms with Crippen molar-refractivity contribution in [2.24, 2.45) is 20.1 Å². The lowest BCUT2D eigenvalue weighted by atomic mass is 10.3. The first kappa shape index (κ1) is 140. The number of amides is 2. The topological polar surface area (TPSA) is 232 Å². The molecule has 0 radical (unpaired) electrons. The van der Waals surface area contributed by atoms with Gasteiger partial charge in [-0.05, 0) is 55.7 Å². The number of carbonyl (C=O) groups excluding carboxylic acids is 2. The maximum absolute atomic E-state index is 10.5. The molecule has 4 fully saturated rings. The normalized spacial score (nSPS) is 13.7. The summed E-state index contributed by atoms with van der Waals surface area (Å²) in [6, 6.07) is 0. The van der Waals surface area contributed by atoms with Crippen LogP contribution in [-0.4, -0.2) is 114 Å². The highest BCUT2D eigenvalue weighted by Crippen LogP contribution is 2.14. The number of hydrogen-bond donors (Lipinski definition) is 8. The molecule has 0 saturated carbocycles. The van der Waals surface area contributed by atoms with E-state index in [4.69, 9.17) is 4.74 Å². The quantitative estimate of drug-likeness (QED) is 0.113. The number of morpholine rings is 1. The lowest BCUT2D eigenvalue weighted by molar-refractivity contribution is -0.129. The van der Waals surface area contributed by atoms with Gasteiger partial charge in [0.1, 0.15) is 12.4 Å². The molecular formula is C78H170N12O6S3. The summed E-state index contributed by atoms with van der Waals surface area (Å²) in [4.78, 5) is 31.7. The molecule has 9 aliphatic rings. The second-order valence-corrected chi connectivity index (χ2v) is 16.8. The molecule has 8 N–H and O–H groups in total. The van der Waals surface area contributed by atoms with Crippen LogP contribution in [-0.2, 0) is 24.3 Å². The zero-order valence-corrected chi connectivity index (χ0v) is 74.1. The van der Waals surface area contributed by atoms with Crippen LogP contribution in [0.5, 0.6) is 0 Å². The van der Waals surface area contributed by atoms with E-state index in [1.54, 1.807) is 55.9 Å². The summed E-state index contributed by atoms with van der Waals surface area (Å²) in [5.41, 5.74) is 6.17. The molecule has 9 rings (SSSR count). The number of rotatable bonds is 0. The summed E-state index contributed by atoms with van der Waals surface area (Å²) >= 11 is 4.15. The predicted octanol–water partition coefficient (Wildman–Crippen LogP) is 22.6. The molecule has 18 nitrogen and oxygen atoms in total. The van der Waals surface area contributed by atoms with Gasteiger partial charge in [-0.15, -0.1) is 0 Å². The molecule has 4 saturated heterocycles. The number of allylic oxidation sites excluding steroid dienone is 8. The Labute approximate surface area is 628 Å². The van der Waals surface area contributed by atoms with Crippen LogP contribution >= 0.6 is 23.5 Å². The molecule has 0 spiro atoms. The number of dihydropyridines is 1. The molecule has 0 aromatic rings. The second-order valence-electron chi connectivity index (χ2n) is 12.4. The number of ether oxygens (including phenoxy) is 2. The van der Waals surface area contributed by atoms with E-state index in [-0.39, 0.29) is 18.6 Å². The molecule has 0 atom stereocenters. The number of aliphatic imine (C=N–C) groups is 3. The minimum Gasteiger partial charge on any atom is -0.449 e. The van der Waals surface area contributed by atoms with Gasteiger partial charge in [0.05, 0.1) is 25.3 Å². The van der Waals surface area contributed by atoms with E-state index in [1.807, 2.05) is 292 Å².